The number of nitrogens with two attached hydrogens (primary N) is 1. The summed E-state index contributed by atoms with van der Waals surface area (Å²) in [5.41, 5.74) is 5.52. The summed E-state index contributed by atoms with van der Waals surface area (Å²) in [7, 11) is 0. The molecule has 0 spiro atoms. The summed E-state index contributed by atoms with van der Waals surface area (Å²) in [5.74, 6) is 0. The highest BCUT2D eigenvalue weighted by Crippen LogP contribution is 2.18. The highest BCUT2D eigenvalue weighted by molar-refractivity contribution is 7.19. The number of hydrogen-bond donors (Lipinski definition) is 2. The number of thiazole rings is 1. The summed E-state index contributed by atoms with van der Waals surface area (Å²) < 4.78 is 5.31. The number of nitrogens with one attached hydrogen (secondary N) is 1. The van der Waals surface area contributed by atoms with Crippen LogP contribution in [0.3, 0.4) is 0 Å². The van der Waals surface area contributed by atoms with E-state index < -0.39 is 0 Å². The van der Waals surface area contributed by atoms with Crippen molar-refractivity contribution in [2.75, 3.05) is 30.8 Å². The van der Waals surface area contributed by atoms with Crippen LogP contribution in [0.1, 0.15) is 6.42 Å². The smallest absolute Gasteiger partial charge is 0.184 e. The third-order valence-corrected chi connectivity index (χ3v) is 2.30. The minimum Gasteiger partial charge on any atom is -0.389 e. The van der Waals surface area contributed by atoms with E-state index in [4.69, 9.17) is 10.5 Å². The third kappa shape index (κ3) is 4.25. The summed E-state index contributed by atoms with van der Waals surface area (Å²) in [6.07, 6.45) is 4.38. The van der Waals surface area contributed by atoms with Gasteiger partial charge in [0.05, 0.1) is 19.4 Å². The molecule has 0 atom stereocenters. The van der Waals surface area contributed by atoms with E-state index in [1.54, 1.807) is 6.20 Å². The molecule has 0 aromatic carbocycles. The Hall–Kier alpha value is -1.07. The molecule has 0 aliphatic rings. The van der Waals surface area contributed by atoms with Gasteiger partial charge in [0.2, 0.25) is 0 Å². The van der Waals surface area contributed by atoms with E-state index in [1.165, 1.54) is 11.3 Å². The highest BCUT2D eigenvalue weighted by atomic mass is 32.1. The standard InChI is InChI=1S/C9H15N3OS/c1-2-3-5-13-6-4-11-9-12-7-8(10)14-9/h2,7H,1,3-6,10H2,(H,11,12). The molecule has 78 valence electrons. The Balaban J connectivity index is 2.01. The number of nitrogen functional groups attached to an aromatic ring is 1. The van der Waals surface area contributed by atoms with Crippen molar-refractivity contribution in [3.05, 3.63) is 18.9 Å². The third-order valence-electron chi connectivity index (χ3n) is 1.51. The van der Waals surface area contributed by atoms with Crippen molar-refractivity contribution in [3.63, 3.8) is 0 Å². The fourth-order valence-electron chi connectivity index (χ4n) is 0.867. The van der Waals surface area contributed by atoms with E-state index in [-0.39, 0.29) is 0 Å². The second-order valence-electron chi connectivity index (χ2n) is 2.68. The zero-order chi connectivity index (χ0) is 10.2. The lowest BCUT2D eigenvalue weighted by atomic mass is 10.5. The molecule has 0 unspecified atom stereocenters. The van der Waals surface area contributed by atoms with Crippen molar-refractivity contribution in [2.45, 2.75) is 6.42 Å². The van der Waals surface area contributed by atoms with Gasteiger partial charge in [-0.2, -0.15) is 0 Å². The average molecular weight is 213 g/mol. The first-order chi connectivity index (χ1) is 6.83. The Morgan fingerprint density at radius 1 is 1.64 bits per heavy atom. The molecule has 1 aromatic heterocycles. The Morgan fingerprint density at radius 2 is 2.50 bits per heavy atom. The van der Waals surface area contributed by atoms with Gasteiger partial charge in [-0.15, -0.1) is 6.58 Å². The highest BCUT2D eigenvalue weighted by Gasteiger charge is 1.96. The molecule has 5 heteroatoms. The molecule has 0 aliphatic carbocycles. The first-order valence-electron chi connectivity index (χ1n) is 4.46. The molecular formula is C9H15N3OS. The van der Waals surface area contributed by atoms with Crippen LogP contribution in [0, 0.1) is 0 Å². The van der Waals surface area contributed by atoms with Gasteiger partial charge in [0.1, 0.15) is 5.00 Å². The van der Waals surface area contributed by atoms with Crippen molar-refractivity contribution in [1.29, 1.82) is 0 Å². The zero-order valence-corrected chi connectivity index (χ0v) is 8.85. The van der Waals surface area contributed by atoms with Crippen molar-refractivity contribution < 1.29 is 4.74 Å². The molecule has 1 rings (SSSR count). The normalized spacial score (nSPS) is 10.0. The Kier molecular flexibility index (Phi) is 5.03. The second-order valence-corrected chi connectivity index (χ2v) is 3.75. The number of rotatable bonds is 7. The molecule has 1 aromatic rings. The summed E-state index contributed by atoms with van der Waals surface area (Å²) in [5, 5.41) is 4.68. The molecular weight excluding hydrogens is 198 g/mol. The van der Waals surface area contributed by atoms with Crippen LogP contribution in [0.15, 0.2) is 18.9 Å². The molecule has 0 aliphatic heterocycles. The molecule has 0 bridgehead atoms. The molecule has 0 fully saturated rings. The molecule has 0 saturated carbocycles. The van der Waals surface area contributed by atoms with Gasteiger partial charge in [-0.05, 0) is 6.42 Å². The van der Waals surface area contributed by atoms with Gasteiger partial charge in [-0.3, -0.25) is 0 Å². The van der Waals surface area contributed by atoms with Crippen LogP contribution in [0.25, 0.3) is 0 Å². The monoisotopic (exact) mass is 213 g/mol. The van der Waals surface area contributed by atoms with Gasteiger partial charge in [-0.1, -0.05) is 17.4 Å². The van der Waals surface area contributed by atoms with Gasteiger partial charge in [0, 0.05) is 6.54 Å². The van der Waals surface area contributed by atoms with Gasteiger partial charge in [-0.25, -0.2) is 4.98 Å². The summed E-state index contributed by atoms with van der Waals surface area (Å²) in [6.45, 7) is 5.77. The van der Waals surface area contributed by atoms with Crippen LogP contribution in [-0.2, 0) is 4.74 Å². The average Bonchev–Trinajstić information content (AvgIpc) is 2.58. The van der Waals surface area contributed by atoms with E-state index in [0.717, 1.165) is 29.7 Å². The van der Waals surface area contributed by atoms with E-state index in [9.17, 15) is 0 Å². The van der Waals surface area contributed by atoms with Crippen molar-refractivity contribution >= 4 is 21.5 Å². The molecule has 4 nitrogen and oxygen atoms in total. The maximum atomic E-state index is 5.52. The van der Waals surface area contributed by atoms with E-state index in [1.807, 2.05) is 6.08 Å². The van der Waals surface area contributed by atoms with Crippen LogP contribution in [-0.4, -0.2) is 24.7 Å². The number of ether oxygens (including phenoxy) is 1. The number of nitrogens with zero attached hydrogens (tertiary/aromatic N) is 1. The molecule has 0 amide bonds. The topological polar surface area (TPSA) is 60.2 Å². The van der Waals surface area contributed by atoms with Crippen molar-refractivity contribution in [2.24, 2.45) is 0 Å². The Morgan fingerprint density at radius 3 is 3.14 bits per heavy atom. The van der Waals surface area contributed by atoms with Gasteiger partial charge >= 0.3 is 0 Å². The van der Waals surface area contributed by atoms with E-state index in [2.05, 4.69) is 16.9 Å². The van der Waals surface area contributed by atoms with Gasteiger partial charge in [0.25, 0.3) is 0 Å². The first kappa shape index (κ1) is 11.0. The van der Waals surface area contributed by atoms with Crippen molar-refractivity contribution in [3.8, 4) is 0 Å². The van der Waals surface area contributed by atoms with Crippen LogP contribution in [0.5, 0.6) is 0 Å². The Bertz CT molecular complexity index is 275. The van der Waals surface area contributed by atoms with Crippen LogP contribution in [0.2, 0.25) is 0 Å². The zero-order valence-electron chi connectivity index (χ0n) is 8.03. The van der Waals surface area contributed by atoms with E-state index in [0.29, 0.717) is 6.61 Å². The minimum atomic E-state index is 0.674. The predicted octanol–water partition coefficient (Wildman–Crippen LogP) is 1.73. The lowest BCUT2D eigenvalue weighted by molar-refractivity contribution is 0.149. The van der Waals surface area contributed by atoms with Gasteiger partial charge in [0.15, 0.2) is 5.13 Å². The second kappa shape index (κ2) is 6.39. The number of aromatic nitrogens is 1. The molecule has 14 heavy (non-hydrogen) atoms. The lowest BCUT2D eigenvalue weighted by Gasteiger charge is -2.02. The fraction of sp³-hybridized carbons (Fsp3) is 0.444. The molecule has 1 heterocycles. The van der Waals surface area contributed by atoms with Gasteiger partial charge < -0.3 is 15.8 Å². The number of hydrogen-bond acceptors (Lipinski definition) is 5. The largest absolute Gasteiger partial charge is 0.389 e. The summed E-state index contributed by atoms with van der Waals surface area (Å²) in [6, 6.07) is 0. The summed E-state index contributed by atoms with van der Waals surface area (Å²) >= 11 is 1.44. The maximum absolute atomic E-state index is 5.52. The lowest BCUT2D eigenvalue weighted by Crippen LogP contribution is -2.09. The predicted molar refractivity (Wildman–Crippen MR) is 60.6 cm³/mol. The van der Waals surface area contributed by atoms with Crippen LogP contribution in [0.4, 0.5) is 10.1 Å². The first-order valence-corrected chi connectivity index (χ1v) is 5.28. The molecule has 3 N–H and O–H groups in total. The van der Waals surface area contributed by atoms with Crippen LogP contribution >= 0.6 is 11.3 Å². The fourth-order valence-corrected chi connectivity index (χ4v) is 1.48. The van der Waals surface area contributed by atoms with E-state index >= 15 is 0 Å². The Labute approximate surface area is 87.8 Å². The molecule has 0 saturated heterocycles. The molecule has 0 radical (unpaired) electrons. The van der Waals surface area contributed by atoms with Crippen molar-refractivity contribution in [1.82, 2.24) is 4.98 Å². The quantitative estimate of drug-likeness (QED) is 0.535. The maximum Gasteiger partial charge on any atom is 0.184 e. The van der Waals surface area contributed by atoms with Crippen LogP contribution < -0.4 is 11.1 Å². The minimum absolute atomic E-state index is 0.674. The summed E-state index contributed by atoms with van der Waals surface area (Å²) in [4.78, 5) is 4.06. The number of anilines is 2. The SMILES string of the molecule is C=CCCOCCNc1ncc(N)s1.